The summed E-state index contributed by atoms with van der Waals surface area (Å²) in [6.07, 6.45) is 0. The van der Waals surface area contributed by atoms with Crippen LogP contribution in [-0.4, -0.2) is 15.0 Å². The van der Waals surface area contributed by atoms with Crippen LogP contribution in [-0.2, 0) is 0 Å². The molecule has 0 fully saturated rings. The van der Waals surface area contributed by atoms with Crippen molar-refractivity contribution in [1.29, 1.82) is 0 Å². The molecule has 4 nitrogen and oxygen atoms in total. The maximum absolute atomic E-state index is 6.48. The van der Waals surface area contributed by atoms with Gasteiger partial charge in [-0.15, -0.1) is 0 Å². The summed E-state index contributed by atoms with van der Waals surface area (Å²) in [5, 5.41) is 9.73. The molecule has 2 aromatic heterocycles. The van der Waals surface area contributed by atoms with Crippen LogP contribution >= 0.6 is 0 Å². The highest BCUT2D eigenvalue weighted by Crippen LogP contribution is 2.42. The summed E-state index contributed by atoms with van der Waals surface area (Å²) in [5.41, 5.74) is 6.75. The Morgan fingerprint density at radius 1 is 0.306 bits per heavy atom. The van der Waals surface area contributed by atoms with Crippen LogP contribution in [0.5, 0.6) is 0 Å². The molecule has 0 spiro atoms. The molecule has 0 unspecified atom stereocenters. The molecule has 0 bridgehead atoms. The number of fused-ring (bicyclic) bond motifs is 9. The van der Waals surface area contributed by atoms with Gasteiger partial charge in [-0.05, 0) is 67.7 Å². The van der Waals surface area contributed by atoms with Crippen molar-refractivity contribution in [3.8, 4) is 45.3 Å². The van der Waals surface area contributed by atoms with Gasteiger partial charge < -0.3 is 4.42 Å². The van der Waals surface area contributed by atoms with Gasteiger partial charge in [0.05, 0.1) is 0 Å². The fraction of sp³-hybridized carbons (Fsp3) is 0. The summed E-state index contributed by atoms with van der Waals surface area (Å²) in [6, 6.07) is 57.0. The predicted molar refractivity (Wildman–Crippen MR) is 201 cm³/mol. The molecule has 2 heterocycles. The van der Waals surface area contributed by atoms with Gasteiger partial charge in [-0.3, -0.25) is 0 Å². The maximum Gasteiger partial charge on any atom is 0.164 e. The van der Waals surface area contributed by atoms with E-state index >= 15 is 0 Å². The van der Waals surface area contributed by atoms with Crippen LogP contribution in [0.15, 0.2) is 168 Å². The lowest BCUT2D eigenvalue weighted by atomic mass is 9.89. The first-order chi connectivity index (χ1) is 24.3. The Labute approximate surface area is 282 Å². The van der Waals surface area contributed by atoms with Crippen molar-refractivity contribution in [2.45, 2.75) is 0 Å². The smallest absolute Gasteiger partial charge is 0.164 e. The van der Waals surface area contributed by atoms with Gasteiger partial charge in [0.1, 0.15) is 11.2 Å². The first-order valence-corrected chi connectivity index (χ1v) is 16.4. The molecule has 10 rings (SSSR count). The fourth-order valence-electron chi connectivity index (χ4n) is 7.22. The molecule has 0 atom stereocenters. The Bertz CT molecular complexity index is 2770. The van der Waals surface area contributed by atoms with Crippen molar-refractivity contribution in [1.82, 2.24) is 15.0 Å². The first kappa shape index (κ1) is 27.5. The lowest BCUT2D eigenvalue weighted by molar-refractivity contribution is 0.669. The minimum absolute atomic E-state index is 0.602. The Kier molecular flexibility index (Phi) is 6.15. The van der Waals surface area contributed by atoms with Gasteiger partial charge in [0.25, 0.3) is 0 Å². The minimum Gasteiger partial charge on any atom is -0.456 e. The third-order valence-corrected chi connectivity index (χ3v) is 9.51. The van der Waals surface area contributed by atoms with E-state index in [1.165, 1.54) is 37.9 Å². The van der Waals surface area contributed by atoms with E-state index in [2.05, 4.69) is 97.1 Å². The Balaban J connectivity index is 1.14. The highest BCUT2D eigenvalue weighted by atomic mass is 16.3. The SMILES string of the molecule is c1ccc(-c2nc(-c3ccccc3)nc(-c3ccc4c(c3)oc3ccc(-c5cccc6c7ccccc7c7ccccc7c56)cc34)n2)cc1. The summed E-state index contributed by atoms with van der Waals surface area (Å²) >= 11 is 0. The lowest BCUT2D eigenvalue weighted by Gasteiger charge is -2.14. The standard InChI is InChI=1S/C45H27N3O/c1-3-12-28(13-4-1)43-46-44(29-14-5-2-6-15-29)48-45(47-43)31-22-24-36-39-26-30(23-25-40(39)49-41(36)27-31)32-20-11-21-38-35-17-8-7-16-33(35)34-18-9-10-19-37(34)42(32)38/h1-27H. The third-order valence-electron chi connectivity index (χ3n) is 9.51. The zero-order valence-corrected chi connectivity index (χ0v) is 26.3. The molecule has 0 aliphatic carbocycles. The van der Waals surface area contributed by atoms with E-state index in [1.807, 2.05) is 66.7 Å². The summed E-state index contributed by atoms with van der Waals surface area (Å²) in [5.74, 6) is 1.87. The van der Waals surface area contributed by atoms with E-state index < -0.39 is 0 Å². The van der Waals surface area contributed by atoms with Gasteiger partial charge in [0, 0.05) is 27.5 Å². The normalized spacial score (nSPS) is 11.7. The predicted octanol–water partition coefficient (Wildman–Crippen LogP) is 11.9. The molecule has 0 N–H and O–H groups in total. The van der Waals surface area contributed by atoms with E-state index in [0.717, 1.165) is 44.2 Å². The summed E-state index contributed by atoms with van der Waals surface area (Å²) in [6.45, 7) is 0. The largest absolute Gasteiger partial charge is 0.456 e. The van der Waals surface area contributed by atoms with Crippen LogP contribution in [0.2, 0.25) is 0 Å². The highest BCUT2D eigenvalue weighted by Gasteiger charge is 2.17. The molecule has 0 aliphatic rings. The number of nitrogens with zero attached hydrogens (tertiary/aromatic N) is 3. The van der Waals surface area contributed by atoms with Crippen molar-refractivity contribution < 1.29 is 4.42 Å². The third kappa shape index (κ3) is 4.49. The zero-order chi connectivity index (χ0) is 32.3. The van der Waals surface area contributed by atoms with Crippen LogP contribution < -0.4 is 0 Å². The minimum atomic E-state index is 0.602. The molecule has 8 aromatic carbocycles. The summed E-state index contributed by atoms with van der Waals surface area (Å²) < 4.78 is 6.48. The van der Waals surface area contributed by atoms with Gasteiger partial charge in [-0.2, -0.15) is 0 Å². The zero-order valence-electron chi connectivity index (χ0n) is 26.3. The van der Waals surface area contributed by atoms with Crippen LogP contribution in [0.4, 0.5) is 0 Å². The van der Waals surface area contributed by atoms with Crippen molar-refractivity contribution >= 4 is 54.3 Å². The molecule has 228 valence electrons. The van der Waals surface area contributed by atoms with Crippen molar-refractivity contribution in [3.63, 3.8) is 0 Å². The maximum atomic E-state index is 6.48. The molecular weight excluding hydrogens is 599 g/mol. The molecule has 0 saturated carbocycles. The van der Waals surface area contributed by atoms with Gasteiger partial charge in [-0.1, -0.05) is 140 Å². The molecule has 49 heavy (non-hydrogen) atoms. The number of hydrogen-bond acceptors (Lipinski definition) is 4. The lowest BCUT2D eigenvalue weighted by Crippen LogP contribution is -2.00. The van der Waals surface area contributed by atoms with Crippen molar-refractivity contribution in [3.05, 3.63) is 164 Å². The molecular formula is C45H27N3O. The van der Waals surface area contributed by atoms with Gasteiger partial charge in [-0.25, -0.2) is 15.0 Å². The van der Waals surface area contributed by atoms with Crippen LogP contribution in [0.3, 0.4) is 0 Å². The van der Waals surface area contributed by atoms with E-state index in [1.54, 1.807) is 0 Å². The quantitative estimate of drug-likeness (QED) is 0.183. The van der Waals surface area contributed by atoms with E-state index in [-0.39, 0.29) is 0 Å². The second-order valence-corrected chi connectivity index (χ2v) is 12.4. The average Bonchev–Trinajstić information content (AvgIpc) is 3.55. The van der Waals surface area contributed by atoms with Crippen LogP contribution in [0.1, 0.15) is 0 Å². The molecule has 0 saturated heterocycles. The van der Waals surface area contributed by atoms with Gasteiger partial charge in [0.2, 0.25) is 0 Å². The number of furan rings is 1. The molecule has 0 amide bonds. The molecule has 4 heteroatoms. The number of aromatic nitrogens is 3. The monoisotopic (exact) mass is 625 g/mol. The number of benzene rings is 8. The van der Waals surface area contributed by atoms with E-state index in [9.17, 15) is 0 Å². The van der Waals surface area contributed by atoms with Gasteiger partial charge >= 0.3 is 0 Å². The Hall–Kier alpha value is -6.65. The summed E-state index contributed by atoms with van der Waals surface area (Å²) in [4.78, 5) is 14.7. The molecule has 0 aliphatic heterocycles. The number of hydrogen-bond donors (Lipinski definition) is 0. The van der Waals surface area contributed by atoms with Crippen LogP contribution in [0, 0.1) is 0 Å². The fourth-order valence-corrected chi connectivity index (χ4v) is 7.22. The molecule has 10 aromatic rings. The average molecular weight is 626 g/mol. The first-order valence-electron chi connectivity index (χ1n) is 16.4. The number of rotatable bonds is 4. The Morgan fingerprint density at radius 2 is 0.816 bits per heavy atom. The Morgan fingerprint density at radius 3 is 1.45 bits per heavy atom. The topological polar surface area (TPSA) is 51.8 Å². The highest BCUT2D eigenvalue weighted by molar-refractivity contribution is 6.28. The van der Waals surface area contributed by atoms with E-state index in [0.29, 0.717) is 17.5 Å². The van der Waals surface area contributed by atoms with E-state index in [4.69, 9.17) is 19.4 Å². The van der Waals surface area contributed by atoms with Gasteiger partial charge in [0.15, 0.2) is 17.5 Å². The summed E-state index contributed by atoms with van der Waals surface area (Å²) in [7, 11) is 0. The van der Waals surface area contributed by atoms with Crippen molar-refractivity contribution in [2.24, 2.45) is 0 Å². The second kappa shape index (κ2) is 11.0. The second-order valence-electron chi connectivity index (χ2n) is 12.4. The molecule has 0 radical (unpaired) electrons. The van der Waals surface area contributed by atoms with Crippen molar-refractivity contribution in [2.75, 3.05) is 0 Å². The van der Waals surface area contributed by atoms with Crippen LogP contribution in [0.25, 0.3) is 99.5 Å².